The molecule has 0 spiro atoms. The lowest BCUT2D eigenvalue weighted by molar-refractivity contribution is 0.0828. The Hall–Kier alpha value is -2.72. The quantitative estimate of drug-likeness (QED) is 0.689. The van der Waals surface area contributed by atoms with Gasteiger partial charge in [-0.15, -0.1) is 0 Å². The van der Waals surface area contributed by atoms with E-state index in [-0.39, 0.29) is 17.8 Å². The zero-order valence-corrected chi connectivity index (χ0v) is 16.4. The molecule has 2 unspecified atom stereocenters. The Morgan fingerprint density at radius 2 is 1.62 bits per heavy atom. The molecule has 3 nitrogen and oxygen atoms in total. The molecule has 1 amide bonds. The van der Waals surface area contributed by atoms with Crippen LogP contribution in [-0.4, -0.2) is 28.9 Å². The summed E-state index contributed by atoms with van der Waals surface area (Å²) >= 11 is 0. The summed E-state index contributed by atoms with van der Waals surface area (Å²) in [4.78, 5) is 15.4. The first-order chi connectivity index (χ1) is 14.2. The van der Waals surface area contributed by atoms with E-state index in [4.69, 9.17) is 0 Å². The van der Waals surface area contributed by atoms with Crippen molar-refractivity contribution in [2.75, 3.05) is 0 Å². The largest absolute Gasteiger partial charge is 0.349 e. The van der Waals surface area contributed by atoms with Crippen LogP contribution in [0.1, 0.15) is 41.6 Å². The van der Waals surface area contributed by atoms with Gasteiger partial charge in [-0.25, -0.2) is 4.39 Å². The van der Waals surface area contributed by atoms with Gasteiger partial charge in [0.25, 0.3) is 5.91 Å². The minimum atomic E-state index is -0.188. The van der Waals surface area contributed by atoms with Gasteiger partial charge in [-0.2, -0.15) is 0 Å². The van der Waals surface area contributed by atoms with Crippen LogP contribution in [0.2, 0.25) is 0 Å². The van der Waals surface area contributed by atoms with Crippen LogP contribution in [0.4, 0.5) is 4.39 Å². The van der Waals surface area contributed by atoms with E-state index >= 15 is 0 Å². The minimum absolute atomic E-state index is 0.0205. The molecule has 4 heteroatoms. The molecule has 2 aliphatic heterocycles. The zero-order valence-electron chi connectivity index (χ0n) is 16.4. The number of hydrogen-bond donors (Lipinski definition) is 1. The second-order valence-corrected chi connectivity index (χ2v) is 8.39. The highest BCUT2D eigenvalue weighted by atomic mass is 19.1. The number of nitrogens with one attached hydrogen (secondary N) is 1. The minimum Gasteiger partial charge on any atom is -0.349 e. The van der Waals surface area contributed by atoms with Crippen LogP contribution in [0.25, 0.3) is 10.8 Å². The van der Waals surface area contributed by atoms with E-state index in [9.17, 15) is 9.18 Å². The van der Waals surface area contributed by atoms with Gasteiger partial charge in [-0.3, -0.25) is 9.69 Å². The zero-order chi connectivity index (χ0) is 19.8. The second-order valence-electron chi connectivity index (χ2n) is 8.39. The van der Waals surface area contributed by atoms with Gasteiger partial charge < -0.3 is 5.32 Å². The van der Waals surface area contributed by atoms with E-state index in [1.807, 2.05) is 48.5 Å². The number of fused-ring (bicyclic) bond motifs is 3. The Kier molecular flexibility index (Phi) is 4.80. The summed E-state index contributed by atoms with van der Waals surface area (Å²) < 4.78 is 13.2. The van der Waals surface area contributed by atoms with Gasteiger partial charge in [0.05, 0.1) is 0 Å². The van der Waals surface area contributed by atoms with E-state index in [0.717, 1.165) is 41.3 Å². The molecular weight excluding hydrogens is 363 g/mol. The highest BCUT2D eigenvalue weighted by Gasteiger charge is 2.40. The van der Waals surface area contributed by atoms with Crippen molar-refractivity contribution in [3.8, 4) is 0 Å². The molecule has 2 bridgehead atoms. The summed E-state index contributed by atoms with van der Waals surface area (Å²) in [7, 11) is 0. The molecule has 3 aromatic carbocycles. The van der Waals surface area contributed by atoms with Gasteiger partial charge in [0.1, 0.15) is 5.82 Å². The van der Waals surface area contributed by atoms with E-state index in [2.05, 4.69) is 16.3 Å². The number of carbonyl (C=O) groups is 1. The molecule has 3 aromatic rings. The Morgan fingerprint density at radius 3 is 2.34 bits per heavy atom. The molecule has 0 saturated carbocycles. The van der Waals surface area contributed by atoms with Crippen molar-refractivity contribution in [2.45, 2.75) is 50.4 Å². The van der Waals surface area contributed by atoms with Crippen molar-refractivity contribution in [2.24, 2.45) is 0 Å². The lowest BCUT2D eigenvalue weighted by atomic mass is 9.96. The predicted octanol–water partition coefficient (Wildman–Crippen LogP) is 4.90. The molecule has 5 rings (SSSR count). The van der Waals surface area contributed by atoms with Crippen LogP contribution >= 0.6 is 0 Å². The normalized spacial score (nSPS) is 24.0. The molecule has 29 heavy (non-hydrogen) atoms. The van der Waals surface area contributed by atoms with Crippen LogP contribution < -0.4 is 5.32 Å². The third-order valence-electron chi connectivity index (χ3n) is 6.51. The fraction of sp³-hybridized carbons (Fsp3) is 0.320. The predicted molar refractivity (Wildman–Crippen MR) is 113 cm³/mol. The van der Waals surface area contributed by atoms with Crippen LogP contribution in [0, 0.1) is 5.82 Å². The van der Waals surface area contributed by atoms with Crippen molar-refractivity contribution >= 4 is 16.7 Å². The third-order valence-corrected chi connectivity index (χ3v) is 6.51. The number of nitrogens with zero attached hydrogens (tertiary/aromatic N) is 1. The number of piperidine rings is 1. The van der Waals surface area contributed by atoms with Crippen LogP contribution in [0.15, 0.2) is 66.7 Å². The summed E-state index contributed by atoms with van der Waals surface area (Å²) in [6.45, 7) is 0.862. The average Bonchev–Trinajstić information content (AvgIpc) is 2.97. The van der Waals surface area contributed by atoms with Crippen molar-refractivity contribution in [1.29, 1.82) is 0 Å². The van der Waals surface area contributed by atoms with Gasteiger partial charge in [-0.05, 0) is 66.3 Å². The Morgan fingerprint density at radius 1 is 0.931 bits per heavy atom. The van der Waals surface area contributed by atoms with Crippen molar-refractivity contribution in [3.05, 3.63) is 83.7 Å². The van der Waals surface area contributed by atoms with E-state index < -0.39 is 0 Å². The maximum atomic E-state index is 13.2. The Balaban J connectivity index is 1.24. The first-order valence-electron chi connectivity index (χ1n) is 10.5. The van der Waals surface area contributed by atoms with Crippen molar-refractivity contribution in [3.63, 3.8) is 0 Å². The standard InChI is InChI=1S/C25H25FN2O/c26-21-9-5-17(6-10-21)16-28-23-11-12-24(28)15-22(14-23)27-25(29)20-8-7-18-3-1-2-4-19(18)13-20/h1-10,13,22-24H,11-12,14-16H2,(H,27,29). The molecule has 2 saturated heterocycles. The molecule has 2 aliphatic rings. The van der Waals surface area contributed by atoms with Gasteiger partial charge in [0, 0.05) is 30.2 Å². The molecule has 148 valence electrons. The summed E-state index contributed by atoms with van der Waals surface area (Å²) in [6.07, 6.45) is 4.32. The van der Waals surface area contributed by atoms with Crippen LogP contribution in [0.3, 0.4) is 0 Å². The van der Waals surface area contributed by atoms with Crippen LogP contribution in [0.5, 0.6) is 0 Å². The highest BCUT2D eigenvalue weighted by molar-refractivity contribution is 5.98. The first kappa shape index (κ1) is 18.3. The summed E-state index contributed by atoms with van der Waals surface area (Å²) in [5.41, 5.74) is 1.88. The number of halogens is 1. The maximum absolute atomic E-state index is 13.2. The number of hydrogen-bond acceptors (Lipinski definition) is 2. The molecule has 1 N–H and O–H groups in total. The monoisotopic (exact) mass is 388 g/mol. The lowest BCUT2D eigenvalue weighted by Gasteiger charge is -2.39. The molecule has 2 fully saturated rings. The lowest BCUT2D eigenvalue weighted by Crippen LogP contribution is -2.49. The first-order valence-corrected chi connectivity index (χ1v) is 10.5. The summed E-state index contributed by atoms with van der Waals surface area (Å²) in [5.74, 6) is -0.168. The number of benzene rings is 3. The van der Waals surface area contributed by atoms with E-state index in [0.29, 0.717) is 12.1 Å². The van der Waals surface area contributed by atoms with Crippen molar-refractivity contribution in [1.82, 2.24) is 10.2 Å². The molecule has 2 atom stereocenters. The third kappa shape index (κ3) is 3.77. The topological polar surface area (TPSA) is 32.3 Å². The van der Waals surface area contributed by atoms with E-state index in [1.165, 1.54) is 25.0 Å². The molecule has 0 radical (unpaired) electrons. The van der Waals surface area contributed by atoms with Gasteiger partial charge in [0.15, 0.2) is 0 Å². The fourth-order valence-corrected chi connectivity index (χ4v) is 5.05. The number of amides is 1. The number of carbonyl (C=O) groups excluding carboxylic acids is 1. The van der Waals surface area contributed by atoms with Crippen LogP contribution in [-0.2, 0) is 6.54 Å². The Bertz CT molecular complexity index is 1020. The van der Waals surface area contributed by atoms with Gasteiger partial charge in [-0.1, -0.05) is 42.5 Å². The molecule has 0 aromatic heterocycles. The summed E-state index contributed by atoms with van der Waals surface area (Å²) in [6, 6.07) is 22.0. The van der Waals surface area contributed by atoms with Gasteiger partial charge in [0.2, 0.25) is 0 Å². The average molecular weight is 388 g/mol. The van der Waals surface area contributed by atoms with Crippen molar-refractivity contribution < 1.29 is 9.18 Å². The maximum Gasteiger partial charge on any atom is 0.251 e. The fourth-order valence-electron chi connectivity index (χ4n) is 5.05. The molecular formula is C25H25FN2O. The number of rotatable bonds is 4. The summed E-state index contributed by atoms with van der Waals surface area (Å²) in [5, 5.41) is 5.52. The highest BCUT2D eigenvalue weighted by Crippen LogP contribution is 2.37. The second kappa shape index (κ2) is 7.60. The molecule has 2 heterocycles. The van der Waals surface area contributed by atoms with Gasteiger partial charge >= 0.3 is 0 Å². The van der Waals surface area contributed by atoms with E-state index in [1.54, 1.807) is 0 Å². The SMILES string of the molecule is O=C(NC1CC2CCC(C1)N2Cc1ccc(F)cc1)c1ccc2ccccc2c1. The smallest absolute Gasteiger partial charge is 0.251 e. The molecule has 0 aliphatic carbocycles. The Labute approximate surface area is 170 Å².